The molecule has 25 heavy (non-hydrogen) atoms. The van der Waals surface area contributed by atoms with Crippen LogP contribution in [0.2, 0.25) is 0 Å². The molecule has 0 spiro atoms. The maximum atomic E-state index is 13.0. The van der Waals surface area contributed by atoms with Crippen molar-refractivity contribution in [2.45, 2.75) is 38.0 Å². The summed E-state index contributed by atoms with van der Waals surface area (Å²) in [5.74, 6) is -0.752. The maximum Gasteiger partial charge on any atom is 0.435 e. The topological polar surface area (TPSA) is 45.2 Å². The molecule has 2 aliphatic rings. The van der Waals surface area contributed by atoms with Crippen molar-refractivity contribution >= 4 is 40.4 Å². The molecular formula is C15H14Cl2F3N3OS. The lowest BCUT2D eigenvalue weighted by molar-refractivity contribution is -0.141. The average molecular weight is 412 g/mol. The van der Waals surface area contributed by atoms with E-state index >= 15 is 0 Å². The molecule has 0 bridgehead atoms. The second-order valence-corrected chi connectivity index (χ2v) is 7.87. The fraction of sp³-hybridized carbons (Fsp3) is 0.467. The molecule has 0 aromatic carbocycles. The van der Waals surface area contributed by atoms with Gasteiger partial charge in [-0.05, 0) is 31.9 Å². The van der Waals surface area contributed by atoms with E-state index in [1.807, 2.05) is 4.90 Å². The van der Waals surface area contributed by atoms with E-state index in [0.717, 1.165) is 17.8 Å². The van der Waals surface area contributed by atoms with E-state index in [2.05, 4.69) is 10.3 Å². The second-order valence-electron chi connectivity index (χ2n) is 5.84. The molecule has 4 nitrogen and oxygen atoms in total. The van der Waals surface area contributed by atoms with Crippen molar-refractivity contribution in [1.82, 2.24) is 15.2 Å². The number of hydrogen-bond acceptors (Lipinski definition) is 4. The number of carbonyl (C=O) groups is 1. The minimum absolute atomic E-state index is 0.0722. The van der Waals surface area contributed by atoms with E-state index < -0.39 is 22.7 Å². The van der Waals surface area contributed by atoms with Gasteiger partial charge in [0.25, 0.3) is 5.91 Å². The molecule has 136 valence electrons. The number of aromatic nitrogens is 1. The van der Waals surface area contributed by atoms with Gasteiger partial charge < -0.3 is 10.2 Å². The van der Waals surface area contributed by atoms with Crippen molar-refractivity contribution in [2.24, 2.45) is 0 Å². The van der Waals surface area contributed by atoms with Gasteiger partial charge in [-0.2, -0.15) is 13.2 Å². The minimum atomic E-state index is -4.66. The molecule has 1 amide bonds. The molecule has 3 rings (SSSR count). The molecule has 1 fully saturated rings. The summed E-state index contributed by atoms with van der Waals surface area (Å²) in [6, 6.07) is -0.347. The number of alkyl halides is 3. The van der Waals surface area contributed by atoms with Crippen molar-refractivity contribution in [2.75, 3.05) is 6.54 Å². The molecular weight excluding hydrogens is 398 g/mol. The predicted molar refractivity (Wildman–Crippen MR) is 90.7 cm³/mol. The SMILES string of the molecule is Cc1nc(C(F)(F)F)c(C(=O)N[C@H]2CC[C@H]2N2CC=C(Cl)C=C2Cl)s1. The zero-order valence-electron chi connectivity index (χ0n) is 13.0. The Morgan fingerprint density at radius 1 is 1.40 bits per heavy atom. The van der Waals surface area contributed by atoms with E-state index in [0.29, 0.717) is 23.2 Å². The van der Waals surface area contributed by atoms with Crippen molar-refractivity contribution < 1.29 is 18.0 Å². The standard InChI is InChI=1S/C15H14Cl2F3N3OS/c1-7-21-13(15(18,19)20)12(25-7)14(24)22-9-2-3-10(9)23-5-4-8(16)6-11(23)17/h4,6,9-10H,2-3,5H2,1H3,(H,22,24)/t9-,10+/m0/s1. The Kier molecular flexibility index (Phi) is 5.05. The van der Waals surface area contributed by atoms with Crippen molar-refractivity contribution in [3.05, 3.63) is 37.9 Å². The second kappa shape index (κ2) is 6.81. The third-order valence-corrected chi connectivity index (χ3v) is 5.74. The number of carbonyl (C=O) groups excluding carboxylic acids is 1. The van der Waals surface area contributed by atoms with Gasteiger partial charge in [-0.1, -0.05) is 23.2 Å². The number of halogens is 5. The van der Waals surface area contributed by atoms with Crippen LogP contribution in [-0.4, -0.2) is 34.4 Å². The Morgan fingerprint density at radius 2 is 2.12 bits per heavy atom. The van der Waals surface area contributed by atoms with Gasteiger partial charge in [0.05, 0.1) is 11.0 Å². The molecule has 2 atom stereocenters. The largest absolute Gasteiger partial charge is 0.435 e. The lowest BCUT2D eigenvalue weighted by Crippen LogP contribution is -2.57. The van der Waals surface area contributed by atoms with Crippen LogP contribution < -0.4 is 5.32 Å². The Balaban J connectivity index is 1.72. The van der Waals surface area contributed by atoms with Crippen LogP contribution in [0.5, 0.6) is 0 Å². The van der Waals surface area contributed by atoms with Crippen LogP contribution in [0, 0.1) is 6.92 Å². The Hall–Kier alpha value is -1.25. The highest BCUT2D eigenvalue weighted by Crippen LogP contribution is 2.36. The number of allylic oxidation sites excluding steroid dienone is 2. The zero-order valence-corrected chi connectivity index (χ0v) is 15.4. The Morgan fingerprint density at radius 3 is 2.68 bits per heavy atom. The van der Waals surface area contributed by atoms with Gasteiger partial charge in [0, 0.05) is 17.6 Å². The fourth-order valence-electron chi connectivity index (χ4n) is 2.85. The molecule has 1 aliphatic carbocycles. The van der Waals surface area contributed by atoms with E-state index in [9.17, 15) is 18.0 Å². The lowest BCUT2D eigenvalue weighted by atomic mass is 9.84. The summed E-state index contributed by atoms with van der Waals surface area (Å²) in [7, 11) is 0. The van der Waals surface area contributed by atoms with Gasteiger partial charge in [-0.15, -0.1) is 11.3 Å². The summed E-state index contributed by atoms with van der Waals surface area (Å²) in [5.41, 5.74) is -1.13. The summed E-state index contributed by atoms with van der Waals surface area (Å²) >= 11 is 12.8. The third-order valence-electron chi connectivity index (χ3n) is 4.18. The monoisotopic (exact) mass is 411 g/mol. The third kappa shape index (κ3) is 3.80. The molecule has 1 saturated carbocycles. The summed E-state index contributed by atoms with van der Waals surface area (Å²) in [5, 5.41) is 3.88. The molecule has 0 saturated heterocycles. The molecule has 2 heterocycles. The van der Waals surface area contributed by atoms with Crippen LogP contribution in [0.3, 0.4) is 0 Å². The molecule has 10 heteroatoms. The molecule has 1 aromatic rings. The number of hydrogen-bond donors (Lipinski definition) is 1. The number of rotatable bonds is 3. The van der Waals surface area contributed by atoms with Gasteiger partial charge in [-0.3, -0.25) is 4.79 Å². The first-order valence-electron chi connectivity index (χ1n) is 7.52. The van der Waals surface area contributed by atoms with Crippen LogP contribution >= 0.6 is 34.5 Å². The number of nitrogens with zero attached hydrogens (tertiary/aromatic N) is 2. The van der Waals surface area contributed by atoms with Gasteiger partial charge in [0.15, 0.2) is 5.69 Å². The van der Waals surface area contributed by atoms with Crippen LogP contribution in [0.15, 0.2) is 22.3 Å². The van der Waals surface area contributed by atoms with Gasteiger partial charge in [-0.25, -0.2) is 4.98 Å². The Labute approximate surface area is 156 Å². The highest BCUT2D eigenvalue weighted by atomic mass is 35.5. The highest BCUT2D eigenvalue weighted by molar-refractivity contribution is 7.13. The number of aryl methyl sites for hydroxylation is 1. The van der Waals surface area contributed by atoms with Crippen LogP contribution in [0.4, 0.5) is 13.2 Å². The molecule has 0 radical (unpaired) electrons. The fourth-order valence-corrected chi connectivity index (χ4v) is 4.24. The lowest BCUT2D eigenvalue weighted by Gasteiger charge is -2.45. The smallest absolute Gasteiger partial charge is 0.353 e. The molecule has 1 aliphatic heterocycles. The van der Waals surface area contributed by atoms with Crippen LogP contribution in [-0.2, 0) is 6.18 Å². The van der Waals surface area contributed by atoms with Gasteiger partial charge in [0.1, 0.15) is 10.0 Å². The number of nitrogens with one attached hydrogen (secondary N) is 1. The maximum absolute atomic E-state index is 13.0. The quantitative estimate of drug-likeness (QED) is 0.756. The van der Waals surface area contributed by atoms with Gasteiger partial charge in [0.2, 0.25) is 0 Å². The van der Waals surface area contributed by atoms with Crippen molar-refractivity contribution in [1.29, 1.82) is 0 Å². The zero-order chi connectivity index (χ0) is 18.4. The van der Waals surface area contributed by atoms with E-state index in [1.54, 1.807) is 12.2 Å². The summed E-state index contributed by atoms with van der Waals surface area (Å²) in [6.07, 6.45) is 0.204. The summed E-state index contributed by atoms with van der Waals surface area (Å²) in [4.78, 5) is 17.3. The molecule has 0 unspecified atom stereocenters. The van der Waals surface area contributed by atoms with E-state index in [-0.39, 0.29) is 17.1 Å². The predicted octanol–water partition coefficient (Wildman–Crippen LogP) is 4.25. The molecule has 1 aromatic heterocycles. The van der Waals surface area contributed by atoms with Crippen molar-refractivity contribution in [3.8, 4) is 0 Å². The summed E-state index contributed by atoms with van der Waals surface area (Å²) in [6.45, 7) is 1.94. The normalized spacial score (nSPS) is 23.7. The van der Waals surface area contributed by atoms with Crippen LogP contribution in [0.25, 0.3) is 0 Å². The van der Waals surface area contributed by atoms with E-state index in [4.69, 9.17) is 23.2 Å². The van der Waals surface area contributed by atoms with Crippen molar-refractivity contribution in [3.63, 3.8) is 0 Å². The minimum Gasteiger partial charge on any atom is -0.353 e. The first kappa shape index (κ1) is 18.5. The molecule has 1 N–H and O–H groups in total. The number of amides is 1. The first-order chi connectivity index (χ1) is 11.7. The Bertz CT molecular complexity index is 760. The summed E-state index contributed by atoms with van der Waals surface area (Å²) < 4.78 is 39.1. The first-order valence-corrected chi connectivity index (χ1v) is 9.09. The van der Waals surface area contributed by atoms with E-state index in [1.165, 1.54) is 6.92 Å². The van der Waals surface area contributed by atoms with Crippen LogP contribution in [0.1, 0.15) is 33.2 Å². The highest BCUT2D eigenvalue weighted by Gasteiger charge is 2.42. The van der Waals surface area contributed by atoms with Gasteiger partial charge >= 0.3 is 6.18 Å². The average Bonchev–Trinajstić information content (AvgIpc) is 2.88. The number of thiazole rings is 1.